The molecular formula is C25H31ClN6O3S. The molecule has 3 fully saturated rings. The summed E-state index contributed by atoms with van der Waals surface area (Å²) in [5.74, 6) is 1.21. The molecule has 36 heavy (non-hydrogen) atoms. The van der Waals surface area contributed by atoms with Crippen molar-refractivity contribution in [2.75, 3.05) is 17.7 Å². The first-order valence-electron chi connectivity index (χ1n) is 12.6. The van der Waals surface area contributed by atoms with Crippen molar-refractivity contribution in [1.82, 2.24) is 25.0 Å². The molecule has 3 aromatic rings. The Labute approximate surface area is 219 Å². The highest BCUT2D eigenvalue weighted by atomic mass is 35.5. The number of rotatable bonds is 8. The summed E-state index contributed by atoms with van der Waals surface area (Å²) in [7, 11) is 0. The summed E-state index contributed by atoms with van der Waals surface area (Å²) in [6.07, 6.45) is 2.26. The number of benzene rings is 1. The minimum Gasteiger partial charge on any atom is -0.396 e. The number of anilines is 1. The molecule has 0 spiro atoms. The first-order chi connectivity index (χ1) is 17.4. The monoisotopic (exact) mass is 530 g/mol. The van der Waals surface area contributed by atoms with Gasteiger partial charge in [0.05, 0.1) is 12.1 Å². The van der Waals surface area contributed by atoms with Gasteiger partial charge in [-0.3, -0.25) is 0 Å². The van der Waals surface area contributed by atoms with Crippen LogP contribution in [0.1, 0.15) is 57.6 Å². The molecule has 0 amide bonds. The number of halogens is 1. The van der Waals surface area contributed by atoms with Gasteiger partial charge in [0.25, 0.3) is 0 Å². The maximum absolute atomic E-state index is 10.0. The number of thioether (sulfide) groups is 1. The third-order valence-corrected chi connectivity index (χ3v) is 8.65. The van der Waals surface area contributed by atoms with Gasteiger partial charge in [-0.1, -0.05) is 53.7 Å². The molecular weight excluding hydrogens is 500 g/mol. The van der Waals surface area contributed by atoms with Gasteiger partial charge in [-0.05, 0) is 44.7 Å². The number of nitrogens with one attached hydrogen (secondary N) is 1. The van der Waals surface area contributed by atoms with Crippen molar-refractivity contribution < 1.29 is 14.6 Å². The minimum atomic E-state index is -0.707. The summed E-state index contributed by atoms with van der Waals surface area (Å²) in [4.78, 5) is 9.69. The van der Waals surface area contributed by atoms with E-state index in [-0.39, 0.29) is 36.8 Å². The Kier molecular flexibility index (Phi) is 6.36. The van der Waals surface area contributed by atoms with Crippen LogP contribution in [0.5, 0.6) is 0 Å². The fourth-order valence-electron chi connectivity index (χ4n) is 5.52. The quantitative estimate of drug-likeness (QED) is 0.323. The molecule has 6 atom stereocenters. The molecule has 2 aromatic heterocycles. The number of ether oxygens (including phenoxy) is 2. The average Bonchev–Trinajstić information content (AvgIpc) is 3.17. The number of aromatic nitrogens is 5. The summed E-state index contributed by atoms with van der Waals surface area (Å²) in [5.41, 5.74) is 2.47. The third-order valence-electron chi connectivity index (χ3n) is 7.26. The van der Waals surface area contributed by atoms with Gasteiger partial charge in [0.2, 0.25) is 0 Å². The molecule has 3 aliphatic rings. The Morgan fingerprint density at radius 3 is 2.78 bits per heavy atom. The lowest BCUT2D eigenvalue weighted by molar-refractivity contribution is -0.162. The zero-order valence-electron chi connectivity index (χ0n) is 20.6. The number of hydrogen-bond acceptors (Lipinski definition) is 9. The number of aliphatic hydroxyl groups is 1. The van der Waals surface area contributed by atoms with E-state index in [1.54, 1.807) is 11.8 Å². The van der Waals surface area contributed by atoms with Gasteiger partial charge in [0.1, 0.15) is 6.10 Å². The Balaban J connectivity index is 1.33. The summed E-state index contributed by atoms with van der Waals surface area (Å²) < 4.78 is 14.3. The topological polar surface area (TPSA) is 107 Å². The molecule has 6 unspecified atom stereocenters. The molecule has 2 N–H and O–H groups in total. The van der Waals surface area contributed by atoms with Crippen LogP contribution >= 0.6 is 23.4 Å². The molecule has 0 bridgehead atoms. The Morgan fingerprint density at radius 2 is 2.00 bits per heavy atom. The van der Waals surface area contributed by atoms with Gasteiger partial charge in [-0.25, -0.2) is 14.6 Å². The third kappa shape index (κ3) is 4.36. The van der Waals surface area contributed by atoms with Crippen molar-refractivity contribution in [3.8, 4) is 0 Å². The van der Waals surface area contributed by atoms with Crippen molar-refractivity contribution in [3.05, 3.63) is 34.9 Å². The van der Waals surface area contributed by atoms with E-state index in [0.29, 0.717) is 34.5 Å². The Morgan fingerprint density at radius 1 is 1.19 bits per heavy atom. The van der Waals surface area contributed by atoms with E-state index >= 15 is 0 Å². The van der Waals surface area contributed by atoms with Crippen LogP contribution in [0.4, 0.5) is 5.82 Å². The van der Waals surface area contributed by atoms with Crippen molar-refractivity contribution in [2.24, 2.45) is 5.92 Å². The van der Waals surface area contributed by atoms with Crippen LogP contribution in [-0.2, 0) is 9.47 Å². The predicted molar refractivity (Wildman–Crippen MR) is 138 cm³/mol. The lowest BCUT2D eigenvalue weighted by Crippen LogP contribution is -2.28. The van der Waals surface area contributed by atoms with Crippen LogP contribution in [0.15, 0.2) is 29.4 Å². The fourth-order valence-corrected chi connectivity index (χ4v) is 6.49. The number of fused-ring (bicyclic) bond motifs is 2. The molecule has 11 heteroatoms. The fraction of sp³-hybridized carbons (Fsp3) is 0.600. The molecule has 0 radical (unpaired) electrons. The molecule has 1 saturated heterocycles. The van der Waals surface area contributed by atoms with Crippen LogP contribution in [0.2, 0.25) is 5.02 Å². The maximum atomic E-state index is 10.0. The summed E-state index contributed by atoms with van der Waals surface area (Å²) in [6.45, 7) is 5.99. The van der Waals surface area contributed by atoms with Crippen LogP contribution in [-0.4, -0.2) is 66.5 Å². The van der Waals surface area contributed by atoms with E-state index in [2.05, 4.69) is 28.6 Å². The second kappa shape index (κ2) is 9.40. The summed E-state index contributed by atoms with van der Waals surface area (Å²) in [5, 5.41) is 24.1. The molecule has 2 saturated carbocycles. The standard InChI is InChI=1S/C25H31ClN6O3S/c1-4-9-36-24-28-22(27-17-11-15(17)14-7-5-6-8-16(14)26)19-23(29-24)32(31-30-19)18-10-13(12-33)20-21(18)35-25(2,3)34-20/h5-8,13,15,17-18,20-21,33H,4,9-12H2,1-3H3,(H,27,28,29). The van der Waals surface area contributed by atoms with Gasteiger partial charge in [-0.15, -0.1) is 5.10 Å². The van der Waals surface area contributed by atoms with E-state index < -0.39 is 5.79 Å². The molecule has 192 valence electrons. The Hall–Kier alpha value is -1.98. The van der Waals surface area contributed by atoms with E-state index in [0.717, 1.165) is 29.2 Å². The predicted octanol–water partition coefficient (Wildman–Crippen LogP) is 4.42. The molecule has 2 aliphatic carbocycles. The van der Waals surface area contributed by atoms with Gasteiger partial charge in [0, 0.05) is 35.3 Å². The highest BCUT2D eigenvalue weighted by Gasteiger charge is 2.55. The largest absolute Gasteiger partial charge is 0.396 e. The van der Waals surface area contributed by atoms with Gasteiger partial charge >= 0.3 is 0 Å². The molecule has 3 heterocycles. The van der Waals surface area contributed by atoms with E-state index in [9.17, 15) is 5.11 Å². The second-order valence-electron chi connectivity index (χ2n) is 10.3. The highest BCUT2D eigenvalue weighted by Crippen LogP contribution is 2.48. The van der Waals surface area contributed by atoms with Gasteiger partial charge in [-0.2, -0.15) is 0 Å². The smallest absolute Gasteiger partial charge is 0.191 e. The normalized spacial score (nSPS) is 30.6. The molecule has 1 aliphatic heterocycles. The molecule has 1 aromatic carbocycles. The maximum Gasteiger partial charge on any atom is 0.191 e. The highest BCUT2D eigenvalue weighted by molar-refractivity contribution is 7.99. The van der Waals surface area contributed by atoms with Crippen LogP contribution in [0.25, 0.3) is 11.2 Å². The number of aliphatic hydroxyl groups excluding tert-OH is 1. The van der Waals surface area contributed by atoms with Crippen molar-refractivity contribution >= 4 is 40.3 Å². The van der Waals surface area contributed by atoms with Crippen molar-refractivity contribution in [1.29, 1.82) is 0 Å². The number of hydrogen-bond donors (Lipinski definition) is 2. The number of nitrogens with zero attached hydrogens (tertiary/aromatic N) is 5. The lowest BCUT2D eigenvalue weighted by Gasteiger charge is -2.23. The summed E-state index contributed by atoms with van der Waals surface area (Å²) >= 11 is 8.07. The van der Waals surface area contributed by atoms with Crippen LogP contribution in [0.3, 0.4) is 0 Å². The van der Waals surface area contributed by atoms with Crippen molar-refractivity contribution in [3.63, 3.8) is 0 Å². The first-order valence-corrected chi connectivity index (χ1v) is 14.0. The van der Waals surface area contributed by atoms with E-state index in [1.165, 1.54) is 0 Å². The Bertz CT molecular complexity index is 1270. The van der Waals surface area contributed by atoms with Crippen molar-refractivity contribution in [2.45, 2.75) is 81.2 Å². The van der Waals surface area contributed by atoms with Crippen LogP contribution < -0.4 is 5.32 Å². The molecule has 9 nitrogen and oxygen atoms in total. The van der Waals surface area contributed by atoms with E-state index in [1.807, 2.05) is 36.7 Å². The van der Waals surface area contributed by atoms with Gasteiger partial charge < -0.3 is 19.9 Å². The summed E-state index contributed by atoms with van der Waals surface area (Å²) in [6, 6.07) is 8.08. The van der Waals surface area contributed by atoms with Gasteiger partial charge in [0.15, 0.2) is 27.9 Å². The minimum absolute atomic E-state index is 0.0303. The van der Waals surface area contributed by atoms with E-state index in [4.69, 9.17) is 31.0 Å². The SMILES string of the molecule is CCCSc1nc(NC2CC2c2ccccc2Cl)c2nnn(C3CC(CO)C4OC(C)(C)OC43)c2n1. The second-order valence-corrected chi connectivity index (χ2v) is 11.8. The van der Waals surface area contributed by atoms with Crippen LogP contribution in [0, 0.1) is 5.92 Å². The first kappa shape index (κ1) is 24.4. The average molecular weight is 531 g/mol. The molecule has 6 rings (SSSR count). The lowest BCUT2D eigenvalue weighted by atomic mass is 10.1. The zero-order valence-corrected chi connectivity index (χ0v) is 22.2. The zero-order chi connectivity index (χ0) is 25.0.